The number of unbranched alkanes of at least 4 members (excludes halogenated alkanes) is 1. The van der Waals surface area contributed by atoms with Gasteiger partial charge in [0, 0.05) is 42.0 Å². The van der Waals surface area contributed by atoms with Crippen LogP contribution >= 0.6 is 11.8 Å². The summed E-state index contributed by atoms with van der Waals surface area (Å²) in [6, 6.07) is 32.0. The Labute approximate surface area is 280 Å². The van der Waals surface area contributed by atoms with E-state index < -0.39 is 12.3 Å². The summed E-state index contributed by atoms with van der Waals surface area (Å²) in [6.45, 7) is 0.374. The maximum atomic E-state index is 12.4. The second kappa shape index (κ2) is 17.1. The molecule has 3 atom stereocenters. The highest BCUT2D eigenvalue weighted by molar-refractivity contribution is 7.99. The van der Waals surface area contributed by atoms with Crippen LogP contribution in [0.25, 0.3) is 11.1 Å². The third-order valence-electron chi connectivity index (χ3n) is 8.14. The van der Waals surface area contributed by atoms with Crippen molar-refractivity contribution in [1.82, 2.24) is 5.32 Å². The first-order valence-electron chi connectivity index (χ1n) is 15.9. The number of carboxylic acid groups (broad SMARTS) is 1. The van der Waals surface area contributed by atoms with Crippen LogP contribution in [0.2, 0.25) is 0 Å². The van der Waals surface area contributed by atoms with E-state index in [4.69, 9.17) is 19.3 Å². The van der Waals surface area contributed by atoms with Gasteiger partial charge >= 0.3 is 5.97 Å². The van der Waals surface area contributed by atoms with E-state index in [2.05, 4.69) is 11.4 Å². The molecule has 0 aromatic heterocycles. The number of para-hydroxylation sites is 1. The van der Waals surface area contributed by atoms with Crippen molar-refractivity contribution in [2.24, 2.45) is 0 Å². The third-order valence-corrected chi connectivity index (χ3v) is 9.33. The van der Waals surface area contributed by atoms with Crippen LogP contribution in [0, 0.1) is 0 Å². The van der Waals surface area contributed by atoms with E-state index in [1.54, 1.807) is 18.9 Å². The predicted molar refractivity (Wildman–Crippen MR) is 182 cm³/mol. The minimum Gasteiger partial charge on any atom is -0.496 e. The lowest BCUT2D eigenvalue weighted by atomic mass is 9.97. The number of aliphatic carboxylic acids is 1. The van der Waals surface area contributed by atoms with E-state index in [0.29, 0.717) is 32.2 Å². The van der Waals surface area contributed by atoms with Gasteiger partial charge in [0.25, 0.3) is 0 Å². The Balaban J connectivity index is 1.28. The highest BCUT2D eigenvalue weighted by Crippen LogP contribution is 2.41. The van der Waals surface area contributed by atoms with Gasteiger partial charge in [-0.05, 0) is 52.8 Å². The zero-order chi connectivity index (χ0) is 33.0. The number of thioether (sulfide) groups is 1. The third kappa shape index (κ3) is 9.68. The van der Waals surface area contributed by atoms with Crippen LogP contribution in [-0.4, -0.2) is 41.1 Å². The predicted octanol–water partition coefficient (Wildman–Crippen LogP) is 7.45. The van der Waals surface area contributed by atoms with Gasteiger partial charge in [0.2, 0.25) is 5.91 Å². The molecule has 4 aromatic rings. The molecule has 1 aliphatic heterocycles. The fourth-order valence-electron chi connectivity index (χ4n) is 5.56. The SMILES string of the molecule is COc1ccccc1SCC1CC(c2ccc(CO)cc2)OC(c2ccc(-c3ccccc3CNC(=O)CCCCC(=O)O)cc2)O1. The molecule has 1 fully saturated rings. The molecule has 1 aliphatic rings. The van der Waals surface area contributed by atoms with Crippen molar-refractivity contribution in [3.63, 3.8) is 0 Å². The number of benzene rings is 4. The summed E-state index contributed by atoms with van der Waals surface area (Å²) in [6.07, 6.45) is 1.25. The van der Waals surface area contributed by atoms with Crippen LogP contribution in [0.5, 0.6) is 5.75 Å². The lowest BCUT2D eigenvalue weighted by Gasteiger charge is -2.36. The van der Waals surface area contributed by atoms with Crippen LogP contribution in [0.3, 0.4) is 0 Å². The maximum Gasteiger partial charge on any atom is 0.303 e. The van der Waals surface area contributed by atoms with E-state index in [0.717, 1.165) is 49.8 Å². The quantitative estimate of drug-likeness (QED) is 0.0894. The van der Waals surface area contributed by atoms with E-state index in [1.165, 1.54) is 0 Å². The maximum absolute atomic E-state index is 12.4. The summed E-state index contributed by atoms with van der Waals surface area (Å²) >= 11 is 1.70. The molecule has 0 saturated carbocycles. The molecule has 3 N–H and O–H groups in total. The van der Waals surface area contributed by atoms with Gasteiger partial charge in [0.05, 0.1) is 25.9 Å². The van der Waals surface area contributed by atoms with Gasteiger partial charge in [-0.25, -0.2) is 0 Å². The number of carbonyl (C=O) groups excluding carboxylic acids is 1. The van der Waals surface area contributed by atoms with Crippen LogP contribution in [0.1, 0.15) is 66.8 Å². The lowest BCUT2D eigenvalue weighted by Crippen LogP contribution is -2.31. The fourth-order valence-corrected chi connectivity index (χ4v) is 6.61. The normalized spacial score (nSPS) is 17.6. The van der Waals surface area contributed by atoms with Crippen LogP contribution < -0.4 is 10.1 Å². The minimum atomic E-state index is -0.844. The number of ether oxygens (including phenoxy) is 3. The molecule has 3 unspecified atom stereocenters. The van der Waals surface area contributed by atoms with Crippen LogP contribution in [0.4, 0.5) is 0 Å². The monoisotopic (exact) mass is 655 g/mol. The number of amides is 1. The second-order valence-electron chi connectivity index (χ2n) is 11.5. The molecule has 1 saturated heterocycles. The summed E-state index contributed by atoms with van der Waals surface area (Å²) in [5, 5.41) is 21.3. The van der Waals surface area contributed by atoms with Crippen LogP contribution in [-0.2, 0) is 32.2 Å². The number of methoxy groups -OCH3 is 1. The van der Waals surface area contributed by atoms with Gasteiger partial charge in [-0.2, -0.15) is 0 Å². The van der Waals surface area contributed by atoms with Gasteiger partial charge in [-0.3, -0.25) is 9.59 Å². The molecule has 0 aliphatic carbocycles. The Kier molecular flexibility index (Phi) is 12.5. The number of carbonyl (C=O) groups is 2. The number of hydrogen-bond acceptors (Lipinski definition) is 7. The molecule has 1 heterocycles. The Morgan fingerprint density at radius 1 is 0.872 bits per heavy atom. The molecule has 0 spiro atoms. The number of carboxylic acids is 1. The first-order chi connectivity index (χ1) is 22.9. The van der Waals surface area contributed by atoms with Gasteiger partial charge in [-0.1, -0.05) is 84.9 Å². The molecule has 9 heteroatoms. The molecule has 0 radical (unpaired) electrons. The molecule has 5 rings (SSSR count). The number of aliphatic hydroxyl groups excluding tert-OH is 1. The van der Waals surface area contributed by atoms with Crippen molar-refractivity contribution in [3.05, 3.63) is 119 Å². The molecule has 4 aromatic carbocycles. The Bertz CT molecular complexity index is 1610. The highest BCUT2D eigenvalue weighted by atomic mass is 32.2. The topological polar surface area (TPSA) is 114 Å². The molecule has 1 amide bonds. The average molecular weight is 656 g/mol. The van der Waals surface area contributed by atoms with Crippen molar-refractivity contribution in [2.75, 3.05) is 12.9 Å². The van der Waals surface area contributed by atoms with Crippen molar-refractivity contribution in [1.29, 1.82) is 0 Å². The van der Waals surface area contributed by atoms with Crippen LogP contribution in [0.15, 0.2) is 102 Å². The van der Waals surface area contributed by atoms with E-state index in [-0.39, 0.29) is 31.1 Å². The standard InChI is InChI=1S/C38H41NO7S/c1-44-33-10-4-5-11-35(33)47-25-31-22-34(28-16-14-26(24-40)15-17-28)46-38(45-31)29-20-18-27(19-21-29)32-9-3-2-8-30(32)23-39-36(41)12-6-7-13-37(42)43/h2-5,8-11,14-21,31,34,38,40H,6-7,12-13,22-25H2,1H3,(H,39,41)(H,42,43). The first-order valence-corrected chi connectivity index (χ1v) is 16.8. The van der Waals surface area contributed by atoms with Crippen molar-refractivity contribution < 1.29 is 34.0 Å². The Morgan fingerprint density at radius 3 is 2.32 bits per heavy atom. The van der Waals surface area contributed by atoms with Gasteiger partial charge in [0.1, 0.15) is 5.75 Å². The second-order valence-corrected chi connectivity index (χ2v) is 12.5. The molecule has 47 heavy (non-hydrogen) atoms. The lowest BCUT2D eigenvalue weighted by molar-refractivity contribution is -0.245. The summed E-state index contributed by atoms with van der Waals surface area (Å²) in [5.74, 6) is 0.625. The summed E-state index contributed by atoms with van der Waals surface area (Å²) in [5.41, 5.74) is 5.82. The molecular formula is C38H41NO7S. The van der Waals surface area contributed by atoms with Crippen molar-refractivity contribution in [3.8, 4) is 16.9 Å². The zero-order valence-electron chi connectivity index (χ0n) is 26.5. The van der Waals surface area contributed by atoms with E-state index in [1.807, 2.05) is 91.0 Å². The van der Waals surface area contributed by atoms with E-state index >= 15 is 0 Å². The minimum absolute atomic E-state index is 0.00778. The Hall–Kier alpha value is -4.15. The largest absolute Gasteiger partial charge is 0.496 e. The summed E-state index contributed by atoms with van der Waals surface area (Å²) in [7, 11) is 1.68. The fraction of sp³-hybridized carbons (Fsp3) is 0.316. The number of rotatable bonds is 15. The number of nitrogens with one attached hydrogen (secondary N) is 1. The first kappa shape index (κ1) is 34.2. The van der Waals surface area contributed by atoms with Crippen molar-refractivity contribution in [2.45, 2.75) is 68.6 Å². The summed E-state index contributed by atoms with van der Waals surface area (Å²) in [4.78, 5) is 24.1. The Morgan fingerprint density at radius 2 is 1.57 bits per heavy atom. The van der Waals surface area contributed by atoms with Gasteiger partial charge < -0.3 is 29.7 Å². The molecular weight excluding hydrogens is 614 g/mol. The smallest absolute Gasteiger partial charge is 0.303 e. The molecule has 0 bridgehead atoms. The van der Waals surface area contributed by atoms with Gasteiger partial charge in [0.15, 0.2) is 6.29 Å². The number of hydrogen-bond donors (Lipinski definition) is 3. The zero-order valence-corrected chi connectivity index (χ0v) is 27.3. The summed E-state index contributed by atoms with van der Waals surface area (Å²) < 4.78 is 18.6. The van der Waals surface area contributed by atoms with Gasteiger partial charge in [-0.15, -0.1) is 11.8 Å². The molecule has 8 nitrogen and oxygen atoms in total. The molecule has 246 valence electrons. The average Bonchev–Trinajstić information content (AvgIpc) is 3.11. The van der Waals surface area contributed by atoms with Crippen molar-refractivity contribution >= 4 is 23.6 Å². The van der Waals surface area contributed by atoms with E-state index in [9.17, 15) is 14.7 Å². The highest BCUT2D eigenvalue weighted by Gasteiger charge is 2.32. The number of aliphatic hydroxyl groups is 1.